The normalized spacial score (nSPS) is 12.9. The number of hydrogen-bond acceptors (Lipinski definition) is 11. The van der Waals surface area contributed by atoms with Gasteiger partial charge in [-0.25, -0.2) is 13.2 Å². The minimum absolute atomic E-state index is 0.0135. The Bertz CT molecular complexity index is 2370. The predicted octanol–water partition coefficient (Wildman–Crippen LogP) is 9.67. The van der Waals surface area contributed by atoms with E-state index in [0.717, 1.165) is 16.7 Å². The number of amides is 1. The van der Waals surface area contributed by atoms with E-state index in [4.69, 9.17) is 23.7 Å². The maximum absolute atomic E-state index is 15.9. The zero-order valence-corrected chi connectivity index (χ0v) is 42.7. The Morgan fingerprint density at radius 3 is 1.75 bits per heavy atom. The van der Waals surface area contributed by atoms with E-state index in [1.165, 1.54) is 25.8 Å². The third-order valence-electron chi connectivity index (χ3n) is 11.0. The molecule has 1 atom stereocenters. The van der Waals surface area contributed by atoms with Gasteiger partial charge < -0.3 is 28.6 Å². The molecule has 0 bridgehead atoms. The first-order valence-corrected chi connectivity index (χ1v) is 26.7. The van der Waals surface area contributed by atoms with Crippen molar-refractivity contribution in [1.82, 2.24) is 29.4 Å². The molecule has 5 rings (SSSR count). The van der Waals surface area contributed by atoms with Crippen molar-refractivity contribution in [2.75, 3.05) is 34.5 Å². The molecule has 0 aliphatic heterocycles. The Balaban J connectivity index is 1.72. The van der Waals surface area contributed by atoms with Crippen molar-refractivity contribution >= 4 is 58.8 Å². The molecular weight excluding hydrogens is 972 g/mol. The highest BCUT2D eigenvalue weighted by Crippen LogP contribution is 2.43. The largest absolute Gasteiger partial charge is 0.497 e. The molecule has 0 saturated heterocycles. The average molecular weight is 1030 g/mol. The van der Waals surface area contributed by atoms with Gasteiger partial charge in [0.25, 0.3) is 0 Å². The summed E-state index contributed by atoms with van der Waals surface area (Å²) >= 11 is 3.41. The molecule has 1 heterocycles. The highest BCUT2D eigenvalue weighted by atomic mass is 127. The standard InChI is InChI=1S/C45H59IN6O8S2Si/c1-44(2,3)51(43(53)54)29-37(30-60-63(10,11)45(4,5)6)61-39-25-24-38(46)40(42-47-49-52(48-42)28-33-16-22-36(59-9)23-17-33)41(39)62(55,56)50(26-31-12-18-34(57-7)19-13-31)27-32-14-20-35(58-8)21-15-32/h12-25,37H,26-30H2,1-11H3,(H,53,54). The number of ether oxygens (including phenoxy) is 3. The van der Waals surface area contributed by atoms with E-state index in [0.29, 0.717) is 25.7 Å². The van der Waals surface area contributed by atoms with Crippen molar-refractivity contribution in [2.45, 2.75) is 99.9 Å². The van der Waals surface area contributed by atoms with Crippen LogP contribution in [0.25, 0.3) is 11.4 Å². The highest BCUT2D eigenvalue weighted by Gasteiger charge is 2.40. The van der Waals surface area contributed by atoms with Gasteiger partial charge in [0.1, 0.15) is 22.1 Å². The molecule has 0 aliphatic rings. The van der Waals surface area contributed by atoms with Gasteiger partial charge in [0, 0.05) is 45.5 Å². The fourth-order valence-electron chi connectivity index (χ4n) is 6.29. The van der Waals surface area contributed by atoms with E-state index in [9.17, 15) is 9.90 Å². The van der Waals surface area contributed by atoms with Crippen LogP contribution in [0.4, 0.5) is 4.79 Å². The Morgan fingerprint density at radius 2 is 1.30 bits per heavy atom. The van der Waals surface area contributed by atoms with E-state index < -0.39 is 35.2 Å². The summed E-state index contributed by atoms with van der Waals surface area (Å²) in [6, 6.07) is 25.7. The molecule has 14 nitrogen and oxygen atoms in total. The molecule has 1 amide bonds. The smallest absolute Gasteiger partial charge is 0.407 e. The van der Waals surface area contributed by atoms with Crippen LogP contribution in [-0.2, 0) is 34.1 Å². The number of carboxylic acid groups (broad SMARTS) is 1. The summed E-state index contributed by atoms with van der Waals surface area (Å²) in [4.78, 5) is 16.0. The first-order valence-electron chi connectivity index (χ1n) is 20.4. The molecule has 1 unspecified atom stereocenters. The van der Waals surface area contributed by atoms with Crippen molar-refractivity contribution in [3.8, 4) is 28.6 Å². The molecule has 0 aliphatic carbocycles. The first-order chi connectivity index (χ1) is 29.6. The number of tetrazole rings is 1. The number of sulfonamides is 1. The molecule has 340 valence electrons. The lowest BCUT2D eigenvalue weighted by Crippen LogP contribution is -2.50. The minimum atomic E-state index is -4.45. The van der Waals surface area contributed by atoms with Crippen molar-refractivity contribution in [1.29, 1.82) is 0 Å². The van der Waals surface area contributed by atoms with Gasteiger partial charge in [-0.3, -0.25) is 0 Å². The Morgan fingerprint density at radius 1 is 0.810 bits per heavy atom. The lowest BCUT2D eigenvalue weighted by molar-refractivity contribution is 0.0970. The van der Waals surface area contributed by atoms with Gasteiger partial charge in [0.2, 0.25) is 15.8 Å². The van der Waals surface area contributed by atoms with E-state index in [2.05, 4.69) is 66.8 Å². The predicted molar refractivity (Wildman–Crippen MR) is 258 cm³/mol. The van der Waals surface area contributed by atoms with Crippen LogP contribution < -0.4 is 14.2 Å². The van der Waals surface area contributed by atoms with Crippen molar-refractivity contribution in [3.63, 3.8) is 0 Å². The van der Waals surface area contributed by atoms with E-state index in [1.807, 2.05) is 75.4 Å². The molecule has 63 heavy (non-hydrogen) atoms. The number of methoxy groups -OCH3 is 3. The van der Waals surface area contributed by atoms with E-state index in [-0.39, 0.29) is 54.1 Å². The second kappa shape index (κ2) is 20.7. The zero-order chi connectivity index (χ0) is 46.3. The van der Waals surface area contributed by atoms with Crippen LogP contribution in [0.15, 0.2) is 94.7 Å². The Hall–Kier alpha value is -4.21. The summed E-state index contributed by atoms with van der Waals surface area (Å²) in [5.41, 5.74) is 1.89. The maximum atomic E-state index is 15.9. The highest BCUT2D eigenvalue weighted by molar-refractivity contribution is 14.1. The molecule has 0 radical (unpaired) electrons. The molecular formula is C45H59IN6O8S2Si. The van der Waals surface area contributed by atoms with Crippen LogP contribution in [0.2, 0.25) is 18.1 Å². The van der Waals surface area contributed by atoms with Crippen molar-refractivity contribution in [3.05, 3.63) is 105 Å². The van der Waals surface area contributed by atoms with Crippen LogP contribution >= 0.6 is 34.4 Å². The van der Waals surface area contributed by atoms with Crippen molar-refractivity contribution < 1.29 is 37.0 Å². The van der Waals surface area contributed by atoms with Gasteiger partial charge in [0.15, 0.2) is 8.32 Å². The second-order valence-corrected chi connectivity index (χ2v) is 26.8. The van der Waals surface area contributed by atoms with E-state index in [1.54, 1.807) is 51.7 Å². The first kappa shape index (κ1) is 49.8. The third kappa shape index (κ3) is 12.7. The number of nitrogens with zero attached hydrogens (tertiary/aromatic N) is 6. The van der Waals surface area contributed by atoms with Crippen LogP contribution in [0.1, 0.15) is 58.2 Å². The summed E-state index contributed by atoms with van der Waals surface area (Å²) in [7, 11) is -2.04. The van der Waals surface area contributed by atoms with Gasteiger partial charge in [-0.2, -0.15) is 9.10 Å². The molecule has 0 saturated carbocycles. The minimum Gasteiger partial charge on any atom is -0.497 e. The zero-order valence-electron chi connectivity index (χ0n) is 37.9. The Kier molecular flexibility index (Phi) is 16.4. The van der Waals surface area contributed by atoms with Gasteiger partial charge >= 0.3 is 6.09 Å². The summed E-state index contributed by atoms with van der Waals surface area (Å²) < 4.78 is 56.7. The van der Waals surface area contributed by atoms with Crippen molar-refractivity contribution in [2.24, 2.45) is 0 Å². The third-order valence-corrected chi connectivity index (χ3v) is 19.6. The van der Waals surface area contributed by atoms with Crippen LogP contribution in [0.5, 0.6) is 17.2 Å². The van der Waals surface area contributed by atoms with Gasteiger partial charge in [-0.15, -0.1) is 22.0 Å². The van der Waals surface area contributed by atoms with Crippen LogP contribution in [0.3, 0.4) is 0 Å². The molecule has 5 aromatic rings. The average Bonchev–Trinajstić information content (AvgIpc) is 3.69. The molecule has 18 heteroatoms. The fraction of sp³-hybridized carbons (Fsp3) is 0.422. The van der Waals surface area contributed by atoms with Gasteiger partial charge in [-0.05, 0) is 132 Å². The Labute approximate surface area is 391 Å². The number of carbonyl (C=O) groups is 1. The number of halogens is 1. The SMILES string of the molecule is COc1ccc(CN(Cc2ccc(OC)cc2)S(=O)(=O)c2c(SC(CO[Si](C)(C)C(C)(C)C)CN(C(=O)O)C(C)(C)C)ccc(I)c2-c2nnn(Cc3ccc(OC)cc3)n2)cc1. The van der Waals surface area contributed by atoms with Crippen LogP contribution in [0, 0.1) is 3.57 Å². The number of hydrogen-bond donors (Lipinski definition) is 1. The second-order valence-electron chi connectivity index (χ2n) is 17.6. The lowest BCUT2D eigenvalue weighted by atomic mass is 10.1. The molecule has 0 fully saturated rings. The number of rotatable bonds is 19. The van der Waals surface area contributed by atoms with Gasteiger partial charge in [0.05, 0.1) is 33.4 Å². The topological polar surface area (TPSA) is 158 Å². The summed E-state index contributed by atoms with van der Waals surface area (Å²) in [6.07, 6.45) is -1.08. The number of thioether (sulfide) groups is 1. The summed E-state index contributed by atoms with van der Waals surface area (Å²) in [5.74, 6) is 2.11. The summed E-state index contributed by atoms with van der Waals surface area (Å²) in [5, 5.41) is 23.4. The fourth-order valence-corrected chi connectivity index (χ4v) is 11.5. The quantitative estimate of drug-likeness (QED) is 0.0475. The monoisotopic (exact) mass is 1030 g/mol. The van der Waals surface area contributed by atoms with Gasteiger partial charge in [-0.1, -0.05) is 57.2 Å². The molecule has 4 aromatic carbocycles. The lowest BCUT2D eigenvalue weighted by Gasteiger charge is -2.39. The maximum Gasteiger partial charge on any atom is 0.407 e. The molecule has 1 aromatic heterocycles. The molecule has 0 spiro atoms. The van der Waals surface area contributed by atoms with E-state index >= 15 is 8.42 Å². The number of benzene rings is 4. The summed E-state index contributed by atoms with van der Waals surface area (Å²) in [6.45, 7) is 16.8. The molecule has 1 N–H and O–H groups in total. The number of aromatic nitrogens is 4. The van der Waals surface area contributed by atoms with Crippen LogP contribution in [-0.4, -0.2) is 103 Å².